The number of aromatic nitrogens is 1. The summed E-state index contributed by atoms with van der Waals surface area (Å²) in [7, 11) is 0. The highest BCUT2D eigenvalue weighted by atomic mass is 79.9. The van der Waals surface area contributed by atoms with Crippen LogP contribution in [0, 0.1) is 0 Å². The first-order valence-electron chi connectivity index (χ1n) is 6.19. The van der Waals surface area contributed by atoms with Gasteiger partial charge in [0, 0.05) is 34.0 Å². The molecule has 0 saturated heterocycles. The maximum atomic E-state index is 6.27. The predicted octanol–water partition coefficient (Wildman–Crippen LogP) is 4.91. The summed E-state index contributed by atoms with van der Waals surface area (Å²) in [4.78, 5) is 4.03. The number of rotatable bonds is 4. The third-order valence-corrected chi connectivity index (χ3v) is 3.96. The first-order chi connectivity index (χ1) is 9.08. The summed E-state index contributed by atoms with van der Waals surface area (Å²) < 4.78 is 0.996. The molecule has 100 valence electrons. The SMILES string of the molecule is CC(NC(C)c1ccc(Br)cc1Cl)c1ccncc1. The van der Waals surface area contributed by atoms with Gasteiger partial charge >= 0.3 is 0 Å². The van der Waals surface area contributed by atoms with E-state index in [9.17, 15) is 0 Å². The summed E-state index contributed by atoms with van der Waals surface area (Å²) in [6.45, 7) is 4.26. The molecule has 2 aromatic rings. The van der Waals surface area contributed by atoms with Crippen LogP contribution in [0.15, 0.2) is 47.2 Å². The van der Waals surface area contributed by atoms with Gasteiger partial charge in [-0.2, -0.15) is 0 Å². The van der Waals surface area contributed by atoms with Crippen LogP contribution in [-0.4, -0.2) is 4.98 Å². The molecule has 2 atom stereocenters. The van der Waals surface area contributed by atoms with E-state index >= 15 is 0 Å². The van der Waals surface area contributed by atoms with Gasteiger partial charge in [0.1, 0.15) is 0 Å². The van der Waals surface area contributed by atoms with Crippen molar-refractivity contribution in [2.24, 2.45) is 0 Å². The van der Waals surface area contributed by atoms with Crippen molar-refractivity contribution in [2.45, 2.75) is 25.9 Å². The van der Waals surface area contributed by atoms with Gasteiger partial charge in [-0.1, -0.05) is 33.6 Å². The molecule has 0 spiro atoms. The second kappa shape index (κ2) is 6.51. The lowest BCUT2D eigenvalue weighted by Gasteiger charge is -2.21. The molecule has 0 aliphatic rings. The lowest BCUT2D eigenvalue weighted by atomic mass is 10.1. The number of halogens is 2. The minimum absolute atomic E-state index is 0.184. The largest absolute Gasteiger partial charge is 0.304 e. The fourth-order valence-corrected chi connectivity index (χ4v) is 2.90. The normalized spacial score (nSPS) is 14.1. The van der Waals surface area contributed by atoms with E-state index in [4.69, 9.17) is 11.6 Å². The lowest BCUT2D eigenvalue weighted by molar-refractivity contribution is 0.494. The first-order valence-corrected chi connectivity index (χ1v) is 7.36. The van der Waals surface area contributed by atoms with Crippen LogP contribution >= 0.6 is 27.5 Å². The third-order valence-electron chi connectivity index (χ3n) is 3.14. The van der Waals surface area contributed by atoms with Gasteiger partial charge in [0.25, 0.3) is 0 Å². The molecular weight excluding hydrogens is 324 g/mol. The Bertz CT molecular complexity index is 545. The zero-order valence-corrected chi connectivity index (χ0v) is 13.2. The van der Waals surface area contributed by atoms with Crippen molar-refractivity contribution < 1.29 is 0 Å². The molecule has 0 aliphatic carbocycles. The van der Waals surface area contributed by atoms with E-state index in [1.807, 2.05) is 42.7 Å². The van der Waals surface area contributed by atoms with Crippen molar-refractivity contribution in [3.8, 4) is 0 Å². The minimum Gasteiger partial charge on any atom is -0.304 e. The van der Waals surface area contributed by atoms with Gasteiger partial charge in [0.2, 0.25) is 0 Å². The third kappa shape index (κ3) is 3.78. The van der Waals surface area contributed by atoms with Gasteiger partial charge in [-0.05, 0) is 49.2 Å². The topological polar surface area (TPSA) is 24.9 Å². The van der Waals surface area contributed by atoms with Crippen molar-refractivity contribution in [1.29, 1.82) is 0 Å². The second-order valence-electron chi connectivity index (χ2n) is 4.56. The fraction of sp³-hybridized carbons (Fsp3) is 0.267. The molecule has 1 aromatic carbocycles. The first kappa shape index (κ1) is 14.5. The molecule has 19 heavy (non-hydrogen) atoms. The summed E-state index contributed by atoms with van der Waals surface area (Å²) in [6, 6.07) is 10.5. The Balaban J connectivity index is 2.10. The van der Waals surface area contributed by atoms with E-state index in [1.54, 1.807) is 0 Å². The molecule has 0 amide bonds. The number of hydrogen-bond acceptors (Lipinski definition) is 2. The fourth-order valence-electron chi connectivity index (χ4n) is 2.07. The molecule has 0 radical (unpaired) electrons. The van der Waals surface area contributed by atoms with Crippen LogP contribution in [0.25, 0.3) is 0 Å². The number of hydrogen-bond donors (Lipinski definition) is 1. The van der Waals surface area contributed by atoms with Crippen molar-refractivity contribution in [3.63, 3.8) is 0 Å². The molecule has 2 unspecified atom stereocenters. The number of nitrogens with zero attached hydrogens (tertiary/aromatic N) is 1. The molecule has 0 fully saturated rings. The Morgan fingerprint density at radius 3 is 2.42 bits per heavy atom. The Morgan fingerprint density at radius 2 is 1.79 bits per heavy atom. The van der Waals surface area contributed by atoms with Gasteiger partial charge in [-0.3, -0.25) is 4.98 Å². The number of pyridine rings is 1. The summed E-state index contributed by atoms with van der Waals surface area (Å²) in [5, 5.41) is 4.32. The average Bonchev–Trinajstić information content (AvgIpc) is 2.39. The molecular formula is C15H16BrClN2. The van der Waals surface area contributed by atoms with Gasteiger partial charge in [0.15, 0.2) is 0 Å². The lowest BCUT2D eigenvalue weighted by Crippen LogP contribution is -2.22. The van der Waals surface area contributed by atoms with E-state index in [1.165, 1.54) is 5.56 Å². The van der Waals surface area contributed by atoms with Gasteiger partial charge in [0.05, 0.1) is 0 Å². The van der Waals surface area contributed by atoms with Crippen LogP contribution in [0.5, 0.6) is 0 Å². The van der Waals surface area contributed by atoms with Gasteiger partial charge in [-0.25, -0.2) is 0 Å². The molecule has 2 nitrogen and oxygen atoms in total. The predicted molar refractivity (Wildman–Crippen MR) is 83.4 cm³/mol. The highest BCUT2D eigenvalue weighted by molar-refractivity contribution is 9.10. The molecule has 4 heteroatoms. The summed E-state index contributed by atoms with van der Waals surface area (Å²) in [5.41, 5.74) is 2.32. The van der Waals surface area contributed by atoms with Crippen LogP contribution in [0.3, 0.4) is 0 Å². The van der Waals surface area contributed by atoms with E-state index in [-0.39, 0.29) is 12.1 Å². The molecule has 1 aromatic heterocycles. The Hall–Kier alpha value is -0.900. The highest BCUT2D eigenvalue weighted by Gasteiger charge is 2.13. The van der Waals surface area contributed by atoms with E-state index in [0.29, 0.717) is 0 Å². The number of benzene rings is 1. The summed E-state index contributed by atoms with van der Waals surface area (Å²) in [6.07, 6.45) is 3.62. The van der Waals surface area contributed by atoms with Crippen molar-refractivity contribution in [1.82, 2.24) is 10.3 Å². The zero-order chi connectivity index (χ0) is 13.8. The second-order valence-corrected chi connectivity index (χ2v) is 5.88. The summed E-state index contributed by atoms with van der Waals surface area (Å²) in [5.74, 6) is 0. The maximum absolute atomic E-state index is 6.27. The smallest absolute Gasteiger partial charge is 0.0464 e. The van der Waals surface area contributed by atoms with Gasteiger partial charge < -0.3 is 5.32 Å². The standard InChI is InChI=1S/C15H16BrClN2/c1-10(12-5-7-18-8-6-12)19-11(2)14-4-3-13(16)9-15(14)17/h3-11,19H,1-2H3. The monoisotopic (exact) mass is 338 g/mol. The molecule has 0 bridgehead atoms. The van der Waals surface area contributed by atoms with Crippen LogP contribution in [0.2, 0.25) is 5.02 Å². The van der Waals surface area contributed by atoms with Crippen LogP contribution < -0.4 is 5.32 Å². The van der Waals surface area contributed by atoms with Crippen molar-refractivity contribution in [3.05, 3.63) is 63.3 Å². The molecule has 1 N–H and O–H groups in total. The van der Waals surface area contributed by atoms with E-state index in [2.05, 4.69) is 40.1 Å². The highest BCUT2D eigenvalue weighted by Crippen LogP contribution is 2.28. The molecule has 1 heterocycles. The molecule has 2 rings (SSSR count). The summed E-state index contributed by atoms with van der Waals surface area (Å²) >= 11 is 9.70. The Kier molecular flexibility index (Phi) is 4.97. The Morgan fingerprint density at radius 1 is 1.11 bits per heavy atom. The average molecular weight is 340 g/mol. The van der Waals surface area contributed by atoms with E-state index < -0.39 is 0 Å². The maximum Gasteiger partial charge on any atom is 0.0464 e. The minimum atomic E-state index is 0.184. The Labute approximate surface area is 127 Å². The van der Waals surface area contributed by atoms with E-state index in [0.717, 1.165) is 15.1 Å². The van der Waals surface area contributed by atoms with Crippen LogP contribution in [-0.2, 0) is 0 Å². The van der Waals surface area contributed by atoms with Crippen LogP contribution in [0.4, 0.5) is 0 Å². The molecule has 0 saturated carbocycles. The number of nitrogens with one attached hydrogen (secondary N) is 1. The van der Waals surface area contributed by atoms with Crippen LogP contribution in [0.1, 0.15) is 37.1 Å². The molecule has 0 aliphatic heterocycles. The van der Waals surface area contributed by atoms with Gasteiger partial charge in [-0.15, -0.1) is 0 Å². The van der Waals surface area contributed by atoms with Crippen molar-refractivity contribution >= 4 is 27.5 Å². The quantitative estimate of drug-likeness (QED) is 0.856. The van der Waals surface area contributed by atoms with Crippen molar-refractivity contribution in [2.75, 3.05) is 0 Å². The zero-order valence-electron chi connectivity index (χ0n) is 10.9.